The predicted octanol–water partition coefficient (Wildman–Crippen LogP) is 2.45. The highest BCUT2D eigenvalue weighted by atomic mass is 16.4. The van der Waals surface area contributed by atoms with Gasteiger partial charge in [-0.05, 0) is 23.3 Å². The number of hydrogen-bond donors (Lipinski definition) is 3. The van der Waals surface area contributed by atoms with Gasteiger partial charge in [0.1, 0.15) is 0 Å². The molecule has 106 valence electrons. The monoisotopic (exact) mass is 286 g/mol. The highest BCUT2D eigenvalue weighted by Gasteiger charge is 2.25. The van der Waals surface area contributed by atoms with Gasteiger partial charge in [-0.25, -0.2) is 14.4 Å². The summed E-state index contributed by atoms with van der Waals surface area (Å²) in [6.45, 7) is 0. The van der Waals surface area contributed by atoms with Crippen molar-refractivity contribution in [3.05, 3.63) is 59.2 Å². The Labute approximate surface area is 118 Å². The molecule has 2 rings (SSSR count). The third-order valence-electron chi connectivity index (χ3n) is 2.92. The van der Waals surface area contributed by atoms with Gasteiger partial charge in [0.2, 0.25) is 0 Å². The highest BCUT2D eigenvalue weighted by Crippen LogP contribution is 2.26. The Hall–Kier alpha value is -3.15. The van der Waals surface area contributed by atoms with Crippen molar-refractivity contribution in [2.75, 3.05) is 0 Å². The largest absolute Gasteiger partial charge is 0.478 e. The minimum Gasteiger partial charge on any atom is -0.478 e. The van der Waals surface area contributed by atoms with Crippen molar-refractivity contribution in [3.8, 4) is 11.1 Å². The van der Waals surface area contributed by atoms with E-state index in [9.17, 15) is 14.4 Å². The van der Waals surface area contributed by atoms with Crippen LogP contribution in [0.1, 0.15) is 31.1 Å². The van der Waals surface area contributed by atoms with Crippen molar-refractivity contribution in [3.63, 3.8) is 0 Å². The molecule has 2 aromatic carbocycles. The van der Waals surface area contributed by atoms with Crippen LogP contribution in [-0.4, -0.2) is 33.2 Å². The molecule has 3 N–H and O–H groups in total. The number of carboxylic acids is 3. The molecule has 21 heavy (non-hydrogen) atoms. The smallest absolute Gasteiger partial charge is 0.337 e. The Kier molecular flexibility index (Phi) is 3.71. The Morgan fingerprint density at radius 2 is 1.14 bits per heavy atom. The van der Waals surface area contributed by atoms with Crippen LogP contribution in [0.3, 0.4) is 0 Å². The van der Waals surface area contributed by atoms with E-state index in [2.05, 4.69) is 0 Å². The summed E-state index contributed by atoms with van der Waals surface area (Å²) in [7, 11) is 0. The van der Waals surface area contributed by atoms with E-state index in [1.54, 1.807) is 30.3 Å². The van der Waals surface area contributed by atoms with Gasteiger partial charge in [0.15, 0.2) is 0 Å². The molecule has 0 fully saturated rings. The van der Waals surface area contributed by atoms with E-state index in [1.807, 2.05) is 0 Å². The average molecular weight is 286 g/mol. The van der Waals surface area contributed by atoms with Crippen LogP contribution >= 0.6 is 0 Å². The zero-order chi connectivity index (χ0) is 15.6. The third-order valence-corrected chi connectivity index (χ3v) is 2.92. The molecular weight excluding hydrogens is 276 g/mol. The van der Waals surface area contributed by atoms with Gasteiger partial charge in [0, 0.05) is 0 Å². The molecule has 0 saturated carbocycles. The molecule has 0 radical (unpaired) electrons. The normalized spacial score (nSPS) is 10.1. The van der Waals surface area contributed by atoms with Crippen LogP contribution in [0.4, 0.5) is 0 Å². The van der Waals surface area contributed by atoms with Crippen LogP contribution < -0.4 is 0 Å². The van der Waals surface area contributed by atoms with Gasteiger partial charge >= 0.3 is 17.9 Å². The SMILES string of the molecule is O=C(O)c1cc(-c2ccccc2)cc(C(=O)O)c1C(=O)O. The maximum Gasteiger partial charge on any atom is 0.337 e. The number of carbonyl (C=O) groups is 3. The first kappa shape index (κ1) is 14.3. The zero-order valence-electron chi connectivity index (χ0n) is 10.6. The summed E-state index contributed by atoms with van der Waals surface area (Å²) < 4.78 is 0. The van der Waals surface area contributed by atoms with Crippen LogP contribution in [0.15, 0.2) is 42.5 Å². The zero-order valence-corrected chi connectivity index (χ0v) is 10.6. The Balaban J connectivity index is 2.80. The number of benzene rings is 2. The topological polar surface area (TPSA) is 112 Å². The molecular formula is C15H10O6. The second kappa shape index (κ2) is 5.46. The minimum atomic E-state index is -1.59. The quantitative estimate of drug-likeness (QED) is 0.795. The second-order valence-electron chi connectivity index (χ2n) is 4.23. The van der Waals surface area contributed by atoms with E-state index < -0.39 is 34.6 Å². The average Bonchev–Trinajstić information content (AvgIpc) is 2.46. The fraction of sp³-hybridized carbons (Fsp3) is 0. The van der Waals surface area contributed by atoms with Crippen molar-refractivity contribution < 1.29 is 29.7 Å². The van der Waals surface area contributed by atoms with Crippen LogP contribution in [0.2, 0.25) is 0 Å². The maximum absolute atomic E-state index is 11.2. The molecule has 0 bridgehead atoms. The molecule has 2 aromatic rings. The lowest BCUT2D eigenvalue weighted by molar-refractivity contribution is 0.0633. The van der Waals surface area contributed by atoms with E-state index in [4.69, 9.17) is 15.3 Å². The lowest BCUT2D eigenvalue weighted by atomic mass is 9.94. The van der Waals surface area contributed by atoms with Gasteiger partial charge in [-0.1, -0.05) is 30.3 Å². The lowest BCUT2D eigenvalue weighted by Gasteiger charge is -2.10. The van der Waals surface area contributed by atoms with Crippen molar-refractivity contribution in [2.24, 2.45) is 0 Å². The van der Waals surface area contributed by atoms with Crippen LogP contribution in [0.25, 0.3) is 11.1 Å². The van der Waals surface area contributed by atoms with Gasteiger partial charge in [-0.15, -0.1) is 0 Å². The molecule has 0 aliphatic rings. The van der Waals surface area contributed by atoms with Crippen molar-refractivity contribution in [1.29, 1.82) is 0 Å². The summed E-state index contributed by atoms with van der Waals surface area (Å²) in [5.74, 6) is -4.58. The Morgan fingerprint density at radius 3 is 1.52 bits per heavy atom. The van der Waals surface area contributed by atoms with Gasteiger partial charge in [-0.3, -0.25) is 0 Å². The fourth-order valence-corrected chi connectivity index (χ4v) is 2.01. The van der Waals surface area contributed by atoms with Gasteiger partial charge < -0.3 is 15.3 Å². The van der Waals surface area contributed by atoms with Crippen molar-refractivity contribution >= 4 is 17.9 Å². The van der Waals surface area contributed by atoms with E-state index >= 15 is 0 Å². The van der Waals surface area contributed by atoms with E-state index in [0.29, 0.717) is 11.1 Å². The van der Waals surface area contributed by atoms with Crippen LogP contribution in [0, 0.1) is 0 Å². The molecule has 0 saturated heterocycles. The second-order valence-corrected chi connectivity index (χ2v) is 4.23. The molecule has 0 atom stereocenters. The molecule has 0 aliphatic heterocycles. The summed E-state index contributed by atoms with van der Waals surface area (Å²) >= 11 is 0. The maximum atomic E-state index is 11.2. The van der Waals surface area contributed by atoms with Crippen molar-refractivity contribution in [2.45, 2.75) is 0 Å². The van der Waals surface area contributed by atoms with Crippen LogP contribution in [0.5, 0.6) is 0 Å². The van der Waals surface area contributed by atoms with Gasteiger partial charge in [0.05, 0.1) is 16.7 Å². The fourth-order valence-electron chi connectivity index (χ4n) is 2.01. The molecule has 6 nitrogen and oxygen atoms in total. The van der Waals surface area contributed by atoms with Gasteiger partial charge in [-0.2, -0.15) is 0 Å². The summed E-state index contributed by atoms with van der Waals surface area (Å²) in [6.07, 6.45) is 0. The number of rotatable bonds is 4. The molecule has 0 unspecified atom stereocenters. The first-order chi connectivity index (χ1) is 9.91. The minimum absolute atomic E-state index is 0.329. The van der Waals surface area contributed by atoms with Crippen LogP contribution in [-0.2, 0) is 0 Å². The lowest BCUT2D eigenvalue weighted by Crippen LogP contribution is -2.15. The Bertz CT molecular complexity index is 698. The summed E-state index contributed by atoms with van der Waals surface area (Å²) in [5, 5.41) is 27.4. The molecule has 6 heteroatoms. The van der Waals surface area contributed by atoms with E-state index in [0.717, 1.165) is 12.1 Å². The molecule has 0 heterocycles. The Morgan fingerprint density at radius 1 is 0.667 bits per heavy atom. The molecule has 0 aliphatic carbocycles. The molecule has 0 amide bonds. The standard InChI is InChI=1S/C15H10O6/c16-13(17)10-6-9(8-4-2-1-3-5-8)7-11(14(18)19)12(10)15(20)21/h1-7H,(H,16,17)(H,18,19)(H,20,21). The summed E-state index contributed by atoms with van der Waals surface area (Å²) in [5.41, 5.74) is -0.910. The van der Waals surface area contributed by atoms with Crippen molar-refractivity contribution in [1.82, 2.24) is 0 Å². The summed E-state index contributed by atoms with van der Waals surface area (Å²) in [6, 6.07) is 10.8. The number of hydrogen-bond acceptors (Lipinski definition) is 3. The van der Waals surface area contributed by atoms with E-state index in [1.165, 1.54) is 0 Å². The number of aromatic carboxylic acids is 3. The first-order valence-electron chi connectivity index (χ1n) is 5.85. The molecule has 0 aromatic heterocycles. The predicted molar refractivity (Wildman–Crippen MR) is 72.8 cm³/mol. The van der Waals surface area contributed by atoms with Gasteiger partial charge in [0.25, 0.3) is 0 Å². The third kappa shape index (κ3) is 2.74. The number of carboxylic acid groups (broad SMARTS) is 3. The summed E-state index contributed by atoms with van der Waals surface area (Å²) in [4.78, 5) is 33.6. The highest BCUT2D eigenvalue weighted by molar-refractivity contribution is 6.10. The first-order valence-corrected chi connectivity index (χ1v) is 5.85. The van der Waals surface area contributed by atoms with E-state index in [-0.39, 0.29) is 0 Å². The molecule has 0 spiro atoms.